The second-order valence-corrected chi connectivity index (χ2v) is 14.0. The van der Waals surface area contributed by atoms with Gasteiger partial charge < -0.3 is 39.4 Å². The van der Waals surface area contributed by atoms with Crippen LogP contribution in [-0.4, -0.2) is 89.0 Å². The number of ether oxygens (including phenoxy) is 4. The van der Waals surface area contributed by atoms with Gasteiger partial charge in [-0.3, -0.25) is 9.59 Å². The zero-order valence-electron chi connectivity index (χ0n) is 33.9. The lowest BCUT2D eigenvalue weighted by molar-refractivity contribution is -0.305. The minimum absolute atomic E-state index is 0.202. The third kappa shape index (κ3) is 27.4. The number of aliphatic hydroxyl groups is 4. The number of allylic oxidation sites excluding steroid dienone is 12. The van der Waals surface area contributed by atoms with Crippen LogP contribution in [-0.2, 0) is 28.5 Å². The summed E-state index contributed by atoms with van der Waals surface area (Å²) in [4.78, 5) is 25.3. The van der Waals surface area contributed by atoms with E-state index in [9.17, 15) is 30.0 Å². The third-order valence-electron chi connectivity index (χ3n) is 9.09. The zero-order chi connectivity index (χ0) is 40.2. The summed E-state index contributed by atoms with van der Waals surface area (Å²) in [5.41, 5.74) is 0. The molecule has 1 aliphatic rings. The molecule has 1 heterocycles. The van der Waals surface area contributed by atoms with Gasteiger partial charge in [-0.25, -0.2) is 0 Å². The molecular weight excluding hydrogens is 700 g/mol. The highest BCUT2D eigenvalue weighted by Crippen LogP contribution is 2.22. The molecule has 0 aromatic carbocycles. The van der Waals surface area contributed by atoms with Gasteiger partial charge in [-0.15, -0.1) is 0 Å². The van der Waals surface area contributed by atoms with Crippen molar-refractivity contribution in [2.75, 3.05) is 19.8 Å². The van der Waals surface area contributed by atoms with Crippen molar-refractivity contribution >= 4 is 11.9 Å². The molecule has 0 saturated carbocycles. The molecule has 1 unspecified atom stereocenters. The Bertz CT molecular complexity index is 1120. The van der Waals surface area contributed by atoms with E-state index in [4.69, 9.17) is 18.9 Å². The maximum atomic E-state index is 12.7. The van der Waals surface area contributed by atoms with Gasteiger partial charge in [0.1, 0.15) is 31.0 Å². The highest BCUT2D eigenvalue weighted by molar-refractivity contribution is 5.70. The third-order valence-corrected chi connectivity index (χ3v) is 9.09. The van der Waals surface area contributed by atoms with Gasteiger partial charge in [0.05, 0.1) is 13.2 Å². The molecule has 0 bridgehead atoms. The molecule has 0 aromatic heterocycles. The molecule has 1 fully saturated rings. The second-order valence-electron chi connectivity index (χ2n) is 14.0. The fourth-order valence-electron chi connectivity index (χ4n) is 5.80. The summed E-state index contributed by atoms with van der Waals surface area (Å²) >= 11 is 0. The van der Waals surface area contributed by atoms with Gasteiger partial charge in [0, 0.05) is 12.8 Å². The first-order valence-electron chi connectivity index (χ1n) is 21.0. The van der Waals surface area contributed by atoms with E-state index >= 15 is 0 Å². The standard InChI is InChI=1S/C45H74O10/c1-3-5-7-9-11-13-15-17-19-21-23-25-27-29-31-33-40(47)52-36-38(37-53-45-44(51)43(50)42(49)39(35-46)55-45)54-41(48)34-32-30-28-26-24-22-20-18-16-14-12-10-8-6-4-2/h5-8,11-14,17-20,38-39,42-46,49-51H,3-4,9-10,15-16,21-37H2,1-2H3/t38?,39-,42+,43+,44-,45-/m1/s1. The maximum absolute atomic E-state index is 12.7. The van der Waals surface area contributed by atoms with Gasteiger partial charge in [0.2, 0.25) is 0 Å². The normalized spacial score (nSPS) is 21.3. The average molecular weight is 775 g/mol. The topological polar surface area (TPSA) is 152 Å². The molecule has 0 aliphatic carbocycles. The molecule has 0 aromatic rings. The van der Waals surface area contributed by atoms with Crippen molar-refractivity contribution in [3.8, 4) is 0 Å². The fourth-order valence-corrected chi connectivity index (χ4v) is 5.80. The largest absolute Gasteiger partial charge is 0.462 e. The number of carbonyl (C=O) groups is 2. The van der Waals surface area contributed by atoms with E-state index in [2.05, 4.69) is 86.8 Å². The average Bonchev–Trinajstić information content (AvgIpc) is 3.18. The molecule has 1 rings (SSSR count). The first-order chi connectivity index (χ1) is 26.8. The molecule has 0 spiro atoms. The zero-order valence-corrected chi connectivity index (χ0v) is 33.9. The smallest absolute Gasteiger partial charge is 0.306 e. The van der Waals surface area contributed by atoms with E-state index in [0.29, 0.717) is 12.8 Å². The predicted octanol–water partition coefficient (Wildman–Crippen LogP) is 8.44. The number of unbranched alkanes of at least 4 members (excludes halogenated alkanes) is 10. The highest BCUT2D eigenvalue weighted by atomic mass is 16.7. The van der Waals surface area contributed by atoms with Crippen molar-refractivity contribution in [1.82, 2.24) is 0 Å². The van der Waals surface area contributed by atoms with Crippen molar-refractivity contribution in [1.29, 1.82) is 0 Å². The molecule has 4 N–H and O–H groups in total. The van der Waals surface area contributed by atoms with Crippen LogP contribution in [0.5, 0.6) is 0 Å². The first kappa shape index (κ1) is 50.2. The van der Waals surface area contributed by atoms with Crippen LogP contribution in [0.15, 0.2) is 72.9 Å². The highest BCUT2D eigenvalue weighted by Gasteiger charge is 2.44. The molecule has 6 atom stereocenters. The van der Waals surface area contributed by atoms with E-state index < -0.39 is 55.4 Å². The van der Waals surface area contributed by atoms with Gasteiger partial charge in [-0.1, -0.05) is 125 Å². The summed E-state index contributed by atoms with van der Waals surface area (Å²) < 4.78 is 22.1. The Morgan fingerprint density at radius 1 is 0.564 bits per heavy atom. The van der Waals surface area contributed by atoms with Crippen LogP contribution < -0.4 is 0 Å². The predicted molar refractivity (Wildman–Crippen MR) is 219 cm³/mol. The molecule has 55 heavy (non-hydrogen) atoms. The Hall–Kier alpha value is -2.86. The molecule has 10 heteroatoms. The van der Waals surface area contributed by atoms with Crippen LogP contribution in [0.4, 0.5) is 0 Å². The first-order valence-corrected chi connectivity index (χ1v) is 21.0. The van der Waals surface area contributed by atoms with E-state index in [1.807, 2.05) is 0 Å². The molecule has 0 radical (unpaired) electrons. The fraction of sp³-hybridized carbons (Fsp3) is 0.689. The number of aliphatic hydroxyl groups excluding tert-OH is 4. The second kappa shape index (κ2) is 35.5. The molecule has 10 nitrogen and oxygen atoms in total. The summed E-state index contributed by atoms with van der Waals surface area (Å²) in [6.45, 7) is 3.14. The van der Waals surface area contributed by atoms with Crippen LogP contribution in [0.1, 0.15) is 142 Å². The molecule has 0 amide bonds. The number of carbonyl (C=O) groups excluding carboxylic acids is 2. The van der Waals surface area contributed by atoms with E-state index in [1.54, 1.807) is 0 Å². The molecular formula is C45H74O10. The lowest BCUT2D eigenvalue weighted by Crippen LogP contribution is -2.59. The Morgan fingerprint density at radius 2 is 1.02 bits per heavy atom. The monoisotopic (exact) mass is 775 g/mol. The van der Waals surface area contributed by atoms with Crippen molar-refractivity contribution in [3.05, 3.63) is 72.9 Å². The summed E-state index contributed by atoms with van der Waals surface area (Å²) in [6, 6.07) is 0. The van der Waals surface area contributed by atoms with E-state index in [1.165, 1.54) is 0 Å². The maximum Gasteiger partial charge on any atom is 0.306 e. The number of esters is 2. The number of hydrogen-bond acceptors (Lipinski definition) is 10. The van der Waals surface area contributed by atoms with Crippen molar-refractivity contribution < 1.29 is 49.0 Å². The summed E-state index contributed by atoms with van der Waals surface area (Å²) in [6.07, 6.45) is 36.2. The number of hydrogen-bond donors (Lipinski definition) is 4. The molecule has 1 saturated heterocycles. The van der Waals surface area contributed by atoms with Crippen molar-refractivity contribution in [2.45, 2.75) is 179 Å². The molecule has 1 aliphatic heterocycles. The van der Waals surface area contributed by atoms with E-state index in [0.717, 1.165) is 103 Å². The van der Waals surface area contributed by atoms with Gasteiger partial charge in [0.25, 0.3) is 0 Å². The lowest BCUT2D eigenvalue weighted by Gasteiger charge is -2.39. The quantitative estimate of drug-likeness (QED) is 0.0291. The number of rotatable bonds is 33. The van der Waals surface area contributed by atoms with Gasteiger partial charge in [-0.05, 0) is 77.0 Å². The lowest BCUT2D eigenvalue weighted by atomic mass is 9.99. The summed E-state index contributed by atoms with van der Waals surface area (Å²) in [7, 11) is 0. The van der Waals surface area contributed by atoms with Gasteiger partial charge in [-0.2, -0.15) is 0 Å². The van der Waals surface area contributed by atoms with Crippen LogP contribution in [0.3, 0.4) is 0 Å². The Kier molecular flexibility index (Phi) is 32.4. The Balaban J connectivity index is 2.39. The minimum Gasteiger partial charge on any atom is -0.462 e. The van der Waals surface area contributed by atoms with Gasteiger partial charge in [0.15, 0.2) is 12.4 Å². The van der Waals surface area contributed by atoms with Crippen LogP contribution >= 0.6 is 0 Å². The van der Waals surface area contributed by atoms with Gasteiger partial charge >= 0.3 is 11.9 Å². The summed E-state index contributed by atoms with van der Waals surface area (Å²) in [5.74, 6) is -0.855. The van der Waals surface area contributed by atoms with Crippen molar-refractivity contribution in [3.63, 3.8) is 0 Å². The van der Waals surface area contributed by atoms with E-state index in [-0.39, 0.29) is 26.1 Å². The SMILES string of the molecule is CCC=CCC=CCC=CCCCCCCCC(=O)OCC(CO[C@@H]1O[C@H](CO)[C@H](O)[C@H](O)[C@H]1O)OC(=O)CCCCCCCC=CCC=CCC=CCC. The minimum atomic E-state index is -1.60. The Morgan fingerprint density at radius 3 is 1.53 bits per heavy atom. The van der Waals surface area contributed by atoms with Crippen molar-refractivity contribution in [2.24, 2.45) is 0 Å². The molecule has 314 valence electrons. The Labute approximate surface area is 332 Å². The van der Waals surface area contributed by atoms with Crippen LogP contribution in [0, 0.1) is 0 Å². The van der Waals surface area contributed by atoms with Crippen LogP contribution in [0.25, 0.3) is 0 Å². The van der Waals surface area contributed by atoms with Crippen LogP contribution in [0.2, 0.25) is 0 Å². The summed E-state index contributed by atoms with van der Waals surface area (Å²) in [5, 5.41) is 40.0.